The highest BCUT2D eigenvalue weighted by molar-refractivity contribution is 7.19. The monoisotopic (exact) mass is 534 g/mol. The molecule has 3 aromatic heterocycles. The summed E-state index contributed by atoms with van der Waals surface area (Å²) in [5.41, 5.74) is 3.16. The standard InChI is InChI=1S/C26H30N8O3S/c1-16(35)34-10-8-33(9-11-34)7-6-27-26(36)37-19-3-4-20-22(13-19)38-25-23(20)24(28-15-29-25)31-18-2-5-21-17(12-18)14-30-32-21/h2,5,12,14-15,19H,3-4,6-11,13H2,1H3,(H,27,36)(H,30,32)(H,28,29,31). The van der Waals surface area contributed by atoms with E-state index in [2.05, 4.69) is 35.7 Å². The van der Waals surface area contributed by atoms with E-state index in [9.17, 15) is 9.59 Å². The molecule has 4 heterocycles. The fourth-order valence-electron chi connectivity index (χ4n) is 5.23. The fraction of sp³-hybridized carbons (Fsp3) is 0.423. The zero-order valence-corrected chi connectivity index (χ0v) is 22.0. The lowest BCUT2D eigenvalue weighted by atomic mass is 9.94. The number of anilines is 2. The average Bonchev–Trinajstić information content (AvgIpc) is 3.53. The maximum Gasteiger partial charge on any atom is 0.407 e. The number of nitrogens with one attached hydrogen (secondary N) is 3. The van der Waals surface area contributed by atoms with E-state index < -0.39 is 0 Å². The van der Waals surface area contributed by atoms with E-state index in [1.807, 2.05) is 23.1 Å². The Morgan fingerprint density at radius 3 is 2.92 bits per heavy atom. The van der Waals surface area contributed by atoms with Gasteiger partial charge in [0.15, 0.2) is 0 Å². The van der Waals surface area contributed by atoms with Crippen molar-refractivity contribution in [2.45, 2.75) is 32.3 Å². The van der Waals surface area contributed by atoms with Crippen molar-refractivity contribution < 1.29 is 14.3 Å². The maximum atomic E-state index is 12.5. The Hall–Kier alpha value is -3.77. The molecule has 1 unspecified atom stereocenters. The molecule has 3 N–H and O–H groups in total. The molecular formula is C26H30N8O3S. The second kappa shape index (κ2) is 10.5. The Morgan fingerprint density at radius 2 is 2.08 bits per heavy atom. The Balaban J connectivity index is 1.05. The van der Waals surface area contributed by atoms with Crippen molar-refractivity contribution in [2.24, 2.45) is 0 Å². The van der Waals surface area contributed by atoms with Crippen molar-refractivity contribution in [2.75, 3.05) is 44.6 Å². The van der Waals surface area contributed by atoms with Crippen LogP contribution in [0.5, 0.6) is 0 Å². The average molecular weight is 535 g/mol. The summed E-state index contributed by atoms with van der Waals surface area (Å²) in [5.74, 6) is 0.906. The Bertz CT molecular complexity index is 1480. The minimum atomic E-state index is -0.376. The highest BCUT2D eigenvalue weighted by atomic mass is 32.1. The first-order chi connectivity index (χ1) is 18.5. The molecule has 0 radical (unpaired) electrons. The number of hydrogen-bond acceptors (Lipinski definition) is 9. The second-order valence-electron chi connectivity index (χ2n) is 9.75. The van der Waals surface area contributed by atoms with E-state index >= 15 is 0 Å². The molecule has 12 heteroatoms. The Labute approximate surface area is 223 Å². The lowest BCUT2D eigenvalue weighted by Gasteiger charge is -2.34. The summed E-state index contributed by atoms with van der Waals surface area (Å²) >= 11 is 1.65. The van der Waals surface area contributed by atoms with Gasteiger partial charge in [-0.25, -0.2) is 14.8 Å². The van der Waals surface area contributed by atoms with Crippen LogP contribution in [0.2, 0.25) is 0 Å². The molecule has 6 rings (SSSR count). The van der Waals surface area contributed by atoms with Gasteiger partial charge < -0.3 is 20.3 Å². The largest absolute Gasteiger partial charge is 0.446 e. The molecule has 2 amide bonds. The molecule has 1 aliphatic carbocycles. The van der Waals surface area contributed by atoms with E-state index in [1.54, 1.807) is 30.8 Å². The van der Waals surface area contributed by atoms with Crippen LogP contribution in [0.25, 0.3) is 21.1 Å². The molecule has 0 saturated carbocycles. The summed E-state index contributed by atoms with van der Waals surface area (Å²) < 4.78 is 5.77. The van der Waals surface area contributed by atoms with Crippen molar-refractivity contribution in [3.05, 3.63) is 41.2 Å². The number of aromatic amines is 1. The number of aromatic nitrogens is 4. The van der Waals surface area contributed by atoms with Gasteiger partial charge in [0.25, 0.3) is 0 Å². The van der Waals surface area contributed by atoms with E-state index in [-0.39, 0.29) is 18.1 Å². The second-order valence-corrected chi connectivity index (χ2v) is 10.8. The molecule has 0 spiro atoms. The number of benzene rings is 1. The van der Waals surface area contributed by atoms with Crippen molar-refractivity contribution in [3.8, 4) is 0 Å². The third-order valence-electron chi connectivity index (χ3n) is 7.29. The lowest BCUT2D eigenvalue weighted by Crippen LogP contribution is -2.49. The first-order valence-corrected chi connectivity index (χ1v) is 13.7. The third kappa shape index (κ3) is 5.14. The first-order valence-electron chi connectivity index (χ1n) is 12.9. The van der Waals surface area contributed by atoms with Gasteiger partial charge in [-0.2, -0.15) is 5.10 Å². The number of H-pyrrole nitrogens is 1. The number of aryl methyl sites for hydroxylation is 1. The van der Waals surface area contributed by atoms with Gasteiger partial charge in [-0.3, -0.25) is 14.8 Å². The number of rotatable bonds is 6. The summed E-state index contributed by atoms with van der Waals surface area (Å²) in [4.78, 5) is 39.2. The van der Waals surface area contributed by atoms with Crippen molar-refractivity contribution in [1.29, 1.82) is 0 Å². The van der Waals surface area contributed by atoms with Crippen LogP contribution in [-0.4, -0.2) is 87.3 Å². The topological polar surface area (TPSA) is 128 Å². The van der Waals surface area contributed by atoms with Crippen molar-refractivity contribution in [3.63, 3.8) is 0 Å². The van der Waals surface area contributed by atoms with Gasteiger partial charge in [0.1, 0.15) is 23.1 Å². The number of fused-ring (bicyclic) bond motifs is 4. The molecule has 0 bridgehead atoms. The highest BCUT2D eigenvalue weighted by Crippen LogP contribution is 2.39. The van der Waals surface area contributed by atoms with Crippen LogP contribution in [0, 0.1) is 0 Å². The summed E-state index contributed by atoms with van der Waals surface area (Å²) in [6.07, 6.45) is 5.09. The molecule has 1 fully saturated rings. The van der Waals surface area contributed by atoms with E-state index in [0.29, 0.717) is 13.0 Å². The lowest BCUT2D eigenvalue weighted by molar-refractivity contribution is -0.130. The summed E-state index contributed by atoms with van der Waals surface area (Å²) in [6, 6.07) is 6.04. The number of alkyl carbamates (subject to hydrolysis) is 1. The predicted molar refractivity (Wildman–Crippen MR) is 146 cm³/mol. The summed E-state index contributed by atoms with van der Waals surface area (Å²) in [7, 11) is 0. The first kappa shape index (κ1) is 24.6. The summed E-state index contributed by atoms with van der Waals surface area (Å²) in [6.45, 7) is 5.99. The van der Waals surface area contributed by atoms with Crippen LogP contribution in [0.1, 0.15) is 23.8 Å². The number of carbonyl (C=O) groups is 2. The molecule has 1 atom stereocenters. The smallest absolute Gasteiger partial charge is 0.407 e. The van der Waals surface area contributed by atoms with Crippen LogP contribution in [0.3, 0.4) is 0 Å². The third-order valence-corrected chi connectivity index (χ3v) is 8.45. The number of nitrogens with zero attached hydrogens (tertiary/aromatic N) is 5. The van der Waals surface area contributed by atoms with Gasteiger partial charge >= 0.3 is 6.09 Å². The Morgan fingerprint density at radius 1 is 1.21 bits per heavy atom. The Kier molecular flexibility index (Phi) is 6.81. The van der Waals surface area contributed by atoms with Gasteiger partial charge in [0.05, 0.1) is 17.1 Å². The highest BCUT2D eigenvalue weighted by Gasteiger charge is 2.27. The number of amides is 2. The summed E-state index contributed by atoms with van der Waals surface area (Å²) in [5, 5.41) is 15.5. The molecule has 4 aromatic rings. The number of carbonyl (C=O) groups excluding carboxylic acids is 2. The number of thiophene rings is 1. The SMILES string of the molecule is CC(=O)N1CCN(CCNC(=O)OC2CCc3c(sc4ncnc(Nc5ccc6[nH]ncc6c5)c34)C2)CC1. The van der Waals surface area contributed by atoms with Gasteiger partial charge in [-0.05, 0) is 36.6 Å². The molecule has 11 nitrogen and oxygen atoms in total. The molecule has 1 saturated heterocycles. The van der Waals surface area contributed by atoms with Crippen LogP contribution in [-0.2, 0) is 22.4 Å². The normalized spacial score (nSPS) is 17.9. The minimum absolute atomic E-state index is 0.118. The zero-order valence-electron chi connectivity index (χ0n) is 21.2. The van der Waals surface area contributed by atoms with E-state index in [0.717, 1.165) is 78.2 Å². The van der Waals surface area contributed by atoms with E-state index in [1.165, 1.54) is 10.4 Å². The van der Waals surface area contributed by atoms with Gasteiger partial charge in [-0.15, -0.1) is 11.3 Å². The molecular weight excluding hydrogens is 504 g/mol. The van der Waals surface area contributed by atoms with Crippen molar-refractivity contribution >= 4 is 56.0 Å². The van der Waals surface area contributed by atoms with Crippen LogP contribution in [0.15, 0.2) is 30.7 Å². The molecule has 2 aliphatic rings. The number of piperazine rings is 1. The molecule has 38 heavy (non-hydrogen) atoms. The molecule has 198 valence electrons. The van der Waals surface area contributed by atoms with E-state index in [4.69, 9.17) is 4.74 Å². The van der Waals surface area contributed by atoms with Gasteiger partial charge in [-0.1, -0.05) is 0 Å². The number of ether oxygens (including phenoxy) is 1. The van der Waals surface area contributed by atoms with Crippen LogP contribution < -0.4 is 10.6 Å². The predicted octanol–water partition coefficient (Wildman–Crippen LogP) is 3.06. The van der Waals surface area contributed by atoms with Gasteiger partial charge in [0.2, 0.25) is 5.91 Å². The number of hydrogen-bond donors (Lipinski definition) is 3. The maximum absolute atomic E-state index is 12.5. The fourth-order valence-corrected chi connectivity index (χ4v) is 6.48. The quantitative estimate of drug-likeness (QED) is 0.344. The zero-order chi connectivity index (χ0) is 26.1. The molecule has 1 aliphatic heterocycles. The van der Waals surface area contributed by atoms with Crippen LogP contribution in [0.4, 0.5) is 16.3 Å². The van der Waals surface area contributed by atoms with Crippen LogP contribution >= 0.6 is 11.3 Å². The van der Waals surface area contributed by atoms with Crippen molar-refractivity contribution in [1.82, 2.24) is 35.3 Å². The van der Waals surface area contributed by atoms with Gasteiger partial charge in [0, 0.05) is 68.6 Å². The molecule has 1 aromatic carbocycles. The minimum Gasteiger partial charge on any atom is -0.446 e.